The first kappa shape index (κ1) is 14.0. The van der Waals surface area contributed by atoms with E-state index in [4.69, 9.17) is 9.05 Å². The summed E-state index contributed by atoms with van der Waals surface area (Å²) in [4.78, 5) is 13.5. The molecule has 1 atom stereocenters. The van der Waals surface area contributed by atoms with Crippen molar-refractivity contribution in [2.24, 2.45) is 4.99 Å². The standard InChI is InChI=1S/C7H13BrNO4P/c1-3-12-14(11,13-4-2)7(5-8)9-6-10/h7H,3-5H2,1-2H3. The molecule has 0 heterocycles. The van der Waals surface area contributed by atoms with Crippen molar-refractivity contribution in [3.8, 4) is 0 Å². The fourth-order valence-corrected chi connectivity index (χ4v) is 3.52. The normalized spacial score (nSPS) is 13.4. The van der Waals surface area contributed by atoms with Crippen molar-refractivity contribution < 1.29 is 18.4 Å². The van der Waals surface area contributed by atoms with Crippen LogP contribution in [0.3, 0.4) is 0 Å². The number of nitrogens with zero attached hydrogens (tertiary/aromatic N) is 1. The van der Waals surface area contributed by atoms with Gasteiger partial charge in [0, 0.05) is 5.33 Å². The predicted molar refractivity (Wildman–Crippen MR) is 56.6 cm³/mol. The number of isocyanates is 1. The molecule has 0 rings (SSSR count). The maximum atomic E-state index is 12.0. The Bertz CT molecular complexity index is 244. The maximum absolute atomic E-state index is 12.0. The van der Waals surface area contributed by atoms with Crippen LogP contribution in [0.5, 0.6) is 0 Å². The highest BCUT2D eigenvalue weighted by Gasteiger charge is 2.34. The van der Waals surface area contributed by atoms with Crippen molar-refractivity contribution in [3.63, 3.8) is 0 Å². The van der Waals surface area contributed by atoms with Crippen LogP contribution in [0, 0.1) is 0 Å². The van der Waals surface area contributed by atoms with E-state index < -0.39 is 13.4 Å². The summed E-state index contributed by atoms with van der Waals surface area (Å²) in [5.74, 6) is -0.820. The topological polar surface area (TPSA) is 65.0 Å². The molecular weight excluding hydrogens is 273 g/mol. The molecule has 1 unspecified atom stereocenters. The van der Waals surface area contributed by atoms with Crippen LogP contribution in [0.4, 0.5) is 0 Å². The number of carbonyl (C=O) groups excluding carboxylic acids is 1. The molecule has 0 aromatic heterocycles. The second-order valence-electron chi connectivity index (χ2n) is 2.23. The van der Waals surface area contributed by atoms with Gasteiger partial charge in [-0.25, -0.2) is 4.79 Å². The van der Waals surface area contributed by atoms with Gasteiger partial charge in [0.15, 0.2) is 5.78 Å². The average molecular weight is 286 g/mol. The van der Waals surface area contributed by atoms with Crippen LogP contribution in [0.25, 0.3) is 0 Å². The van der Waals surface area contributed by atoms with Crippen LogP contribution >= 0.6 is 23.5 Å². The molecule has 0 bridgehead atoms. The molecule has 0 aromatic carbocycles. The minimum absolute atomic E-state index is 0.236. The Morgan fingerprint density at radius 2 is 1.93 bits per heavy atom. The maximum Gasteiger partial charge on any atom is 0.356 e. The van der Waals surface area contributed by atoms with Crippen LogP contribution in [0.2, 0.25) is 0 Å². The Labute approximate surface area is 91.5 Å². The molecule has 0 amide bonds. The molecule has 14 heavy (non-hydrogen) atoms. The van der Waals surface area contributed by atoms with Gasteiger partial charge in [-0.3, -0.25) is 4.57 Å². The summed E-state index contributed by atoms with van der Waals surface area (Å²) in [5, 5.41) is 0.236. The van der Waals surface area contributed by atoms with Crippen LogP contribution in [0.15, 0.2) is 4.99 Å². The zero-order valence-electron chi connectivity index (χ0n) is 8.10. The van der Waals surface area contributed by atoms with E-state index in [0.29, 0.717) is 0 Å². The quantitative estimate of drug-likeness (QED) is 0.312. The molecule has 0 N–H and O–H groups in total. The van der Waals surface area contributed by atoms with Crippen molar-refractivity contribution in [2.45, 2.75) is 19.6 Å². The van der Waals surface area contributed by atoms with E-state index >= 15 is 0 Å². The zero-order valence-corrected chi connectivity index (χ0v) is 10.6. The number of hydrogen-bond acceptors (Lipinski definition) is 5. The Kier molecular flexibility index (Phi) is 7.33. The first-order chi connectivity index (χ1) is 6.64. The molecule has 0 aromatic rings. The van der Waals surface area contributed by atoms with E-state index in [1.54, 1.807) is 13.8 Å². The first-order valence-electron chi connectivity index (χ1n) is 4.16. The van der Waals surface area contributed by atoms with Gasteiger partial charge in [-0.15, -0.1) is 0 Å². The molecule has 0 aliphatic rings. The van der Waals surface area contributed by atoms with Crippen molar-refractivity contribution in [1.29, 1.82) is 0 Å². The third-order valence-corrected chi connectivity index (χ3v) is 4.70. The lowest BCUT2D eigenvalue weighted by molar-refractivity contribution is 0.214. The molecule has 0 aliphatic carbocycles. The van der Waals surface area contributed by atoms with Gasteiger partial charge in [-0.05, 0) is 13.8 Å². The Morgan fingerprint density at radius 3 is 2.21 bits per heavy atom. The van der Waals surface area contributed by atoms with E-state index in [-0.39, 0.29) is 18.5 Å². The second-order valence-corrected chi connectivity index (χ2v) is 5.07. The minimum atomic E-state index is -3.32. The molecule has 0 saturated carbocycles. The summed E-state index contributed by atoms with van der Waals surface area (Å²) < 4.78 is 22.0. The largest absolute Gasteiger partial charge is 0.356 e. The van der Waals surface area contributed by atoms with E-state index in [9.17, 15) is 9.36 Å². The minimum Gasteiger partial charge on any atom is -0.307 e. The van der Waals surface area contributed by atoms with Crippen LogP contribution in [-0.4, -0.2) is 30.4 Å². The van der Waals surface area contributed by atoms with Crippen molar-refractivity contribution in [2.75, 3.05) is 18.5 Å². The summed E-state index contributed by atoms with van der Waals surface area (Å²) in [7, 11) is -3.32. The lowest BCUT2D eigenvalue weighted by Crippen LogP contribution is -2.12. The fourth-order valence-electron chi connectivity index (χ4n) is 0.820. The molecular formula is C7H13BrNO4P. The lowest BCUT2D eigenvalue weighted by atomic mass is 10.8. The van der Waals surface area contributed by atoms with Gasteiger partial charge < -0.3 is 9.05 Å². The summed E-state index contributed by atoms with van der Waals surface area (Å²) in [6.07, 6.45) is 1.35. The van der Waals surface area contributed by atoms with Gasteiger partial charge in [0.1, 0.15) is 0 Å². The highest BCUT2D eigenvalue weighted by Crippen LogP contribution is 2.53. The van der Waals surface area contributed by atoms with Crippen LogP contribution in [0.1, 0.15) is 13.8 Å². The van der Waals surface area contributed by atoms with E-state index in [1.807, 2.05) is 0 Å². The van der Waals surface area contributed by atoms with E-state index in [2.05, 4.69) is 20.9 Å². The van der Waals surface area contributed by atoms with Gasteiger partial charge in [-0.2, -0.15) is 4.99 Å². The monoisotopic (exact) mass is 285 g/mol. The van der Waals surface area contributed by atoms with Crippen molar-refractivity contribution >= 4 is 29.6 Å². The molecule has 0 fully saturated rings. The van der Waals surface area contributed by atoms with Gasteiger partial charge in [0.2, 0.25) is 6.08 Å². The summed E-state index contributed by atoms with van der Waals surface area (Å²) >= 11 is 3.09. The lowest BCUT2D eigenvalue weighted by Gasteiger charge is -2.20. The van der Waals surface area contributed by atoms with E-state index in [1.165, 1.54) is 6.08 Å². The van der Waals surface area contributed by atoms with Crippen LogP contribution < -0.4 is 0 Å². The predicted octanol–water partition coefficient (Wildman–Crippen LogP) is 2.31. The smallest absolute Gasteiger partial charge is 0.307 e. The highest BCUT2D eigenvalue weighted by atomic mass is 79.9. The Morgan fingerprint density at radius 1 is 1.43 bits per heavy atom. The number of alkyl halides is 1. The fraction of sp³-hybridized carbons (Fsp3) is 0.857. The zero-order chi connectivity index (χ0) is 11.0. The summed E-state index contributed by atoms with van der Waals surface area (Å²) in [6, 6.07) is 0. The first-order valence-corrected chi connectivity index (χ1v) is 6.89. The third-order valence-electron chi connectivity index (χ3n) is 1.32. The average Bonchev–Trinajstić information content (AvgIpc) is 2.14. The van der Waals surface area contributed by atoms with E-state index in [0.717, 1.165) is 0 Å². The molecule has 7 heteroatoms. The highest BCUT2D eigenvalue weighted by molar-refractivity contribution is 9.09. The van der Waals surface area contributed by atoms with Gasteiger partial charge in [-0.1, -0.05) is 15.9 Å². The Balaban J connectivity index is 4.74. The summed E-state index contributed by atoms with van der Waals surface area (Å²) in [5.41, 5.74) is 0. The van der Waals surface area contributed by atoms with Gasteiger partial charge in [0.05, 0.1) is 13.2 Å². The molecule has 5 nitrogen and oxygen atoms in total. The number of halogens is 1. The second kappa shape index (κ2) is 7.32. The molecule has 0 aliphatic heterocycles. The van der Waals surface area contributed by atoms with Gasteiger partial charge in [0.25, 0.3) is 0 Å². The van der Waals surface area contributed by atoms with Crippen molar-refractivity contribution in [1.82, 2.24) is 0 Å². The summed E-state index contributed by atoms with van der Waals surface area (Å²) in [6.45, 7) is 3.88. The third kappa shape index (κ3) is 4.03. The van der Waals surface area contributed by atoms with Crippen molar-refractivity contribution in [3.05, 3.63) is 0 Å². The molecule has 82 valence electrons. The molecule has 0 spiro atoms. The molecule has 0 radical (unpaired) electrons. The molecule has 0 saturated heterocycles. The number of rotatable bonds is 7. The number of aliphatic imine (C=N–C) groups is 1. The Hall–Kier alpha value is 0.01000. The SMILES string of the molecule is CCOP(=O)(OCC)C(CBr)N=C=O. The number of hydrogen-bond donors (Lipinski definition) is 0. The van der Waals surface area contributed by atoms with Gasteiger partial charge >= 0.3 is 7.60 Å². The van der Waals surface area contributed by atoms with Crippen LogP contribution in [-0.2, 0) is 18.4 Å².